The summed E-state index contributed by atoms with van der Waals surface area (Å²) in [4.78, 5) is 4.33. The normalized spacial score (nSPS) is 13.2. The number of unbranched alkanes of at least 4 members (excludes halogenated alkanes) is 3. The van der Waals surface area contributed by atoms with Gasteiger partial charge in [0.05, 0.1) is 0 Å². The summed E-state index contributed by atoms with van der Waals surface area (Å²) < 4.78 is 1.97. The molecule has 1 unspecified atom stereocenters. The van der Waals surface area contributed by atoms with Crippen LogP contribution in [0, 0.1) is 0 Å². The number of hydrogen-bond acceptors (Lipinski definition) is 4. The SMILES string of the molecule is CCCCCCC(Cc1ncnn1C(C)C)NN. The largest absolute Gasteiger partial charge is 0.271 e. The second-order valence-electron chi connectivity index (χ2n) is 5.13. The van der Waals surface area contributed by atoms with E-state index in [9.17, 15) is 0 Å². The van der Waals surface area contributed by atoms with E-state index in [0.29, 0.717) is 12.1 Å². The third kappa shape index (κ3) is 4.74. The van der Waals surface area contributed by atoms with Crippen molar-refractivity contribution < 1.29 is 0 Å². The first-order valence-corrected chi connectivity index (χ1v) is 7.03. The number of aromatic nitrogens is 3. The summed E-state index contributed by atoms with van der Waals surface area (Å²) in [7, 11) is 0. The van der Waals surface area contributed by atoms with Gasteiger partial charge in [-0.05, 0) is 20.3 Å². The van der Waals surface area contributed by atoms with E-state index in [0.717, 1.165) is 18.7 Å². The highest BCUT2D eigenvalue weighted by atomic mass is 15.3. The standard InChI is InChI=1S/C13H27N5/c1-4-5-6-7-8-12(17-14)9-13-15-10-16-18(13)11(2)3/h10-12,17H,4-9,14H2,1-3H3. The van der Waals surface area contributed by atoms with Crippen LogP contribution in [0.4, 0.5) is 0 Å². The minimum Gasteiger partial charge on any atom is -0.271 e. The Morgan fingerprint density at radius 1 is 1.33 bits per heavy atom. The first kappa shape index (κ1) is 15.1. The van der Waals surface area contributed by atoms with Gasteiger partial charge < -0.3 is 0 Å². The molecule has 0 spiro atoms. The summed E-state index contributed by atoms with van der Waals surface area (Å²) in [6.45, 7) is 6.46. The van der Waals surface area contributed by atoms with E-state index in [-0.39, 0.29) is 0 Å². The summed E-state index contributed by atoms with van der Waals surface area (Å²) in [5.41, 5.74) is 2.90. The molecule has 0 aromatic carbocycles. The Morgan fingerprint density at radius 2 is 2.11 bits per heavy atom. The van der Waals surface area contributed by atoms with Gasteiger partial charge in [-0.3, -0.25) is 11.3 Å². The van der Waals surface area contributed by atoms with Crippen LogP contribution in [0.2, 0.25) is 0 Å². The van der Waals surface area contributed by atoms with Gasteiger partial charge in [0.25, 0.3) is 0 Å². The van der Waals surface area contributed by atoms with Crippen molar-refractivity contribution in [3.8, 4) is 0 Å². The molecule has 104 valence electrons. The Hall–Kier alpha value is -0.940. The number of nitrogens with zero attached hydrogens (tertiary/aromatic N) is 3. The van der Waals surface area contributed by atoms with Crippen molar-refractivity contribution in [3.63, 3.8) is 0 Å². The summed E-state index contributed by atoms with van der Waals surface area (Å²) >= 11 is 0. The summed E-state index contributed by atoms with van der Waals surface area (Å²) in [6.07, 6.45) is 8.65. The molecule has 0 aliphatic heterocycles. The number of hydrazine groups is 1. The molecule has 0 amide bonds. The van der Waals surface area contributed by atoms with Crippen LogP contribution in [0.15, 0.2) is 6.33 Å². The maximum absolute atomic E-state index is 5.62. The second-order valence-corrected chi connectivity index (χ2v) is 5.13. The van der Waals surface area contributed by atoms with Gasteiger partial charge in [-0.2, -0.15) is 5.10 Å². The molecule has 5 nitrogen and oxygen atoms in total. The lowest BCUT2D eigenvalue weighted by atomic mass is 10.0. The molecule has 0 radical (unpaired) electrons. The number of rotatable bonds is 9. The molecule has 5 heteroatoms. The lowest BCUT2D eigenvalue weighted by Crippen LogP contribution is -2.37. The molecule has 0 aliphatic rings. The van der Waals surface area contributed by atoms with Gasteiger partial charge in [0, 0.05) is 18.5 Å². The predicted octanol–water partition coefficient (Wildman–Crippen LogP) is 2.20. The predicted molar refractivity (Wildman–Crippen MR) is 74.0 cm³/mol. The average Bonchev–Trinajstić information content (AvgIpc) is 2.81. The van der Waals surface area contributed by atoms with E-state index >= 15 is 0 Å². The van der Waals surface area contributed by atoms with Crippen molar-refractivity contribution in [2.45, 2.75) is 71.4 Å². The third-order valence-electron chi connectivity index (χ3n) is 3.21. The van der Waals surface area contributed by atoms with E-state index in [1.165, 1.54) is 25.7 Å². The molecule has 0 aliphatic carbocycles. The Kier molecular flexibility index (Phi) is 6.90. The fourth-order valence-corrected chi connectivity index (χ4v) is 2.13. The quantitative estimate of drug-likeness (QED) is 0.402. The molecule has 1 heterocycles. The number of nitrogens with one attached hydrogen (secondary N) is 1. The molecule has 1 aromatic rings. The highest BCUT2D eigenvalue weighted by Crippen LogP contribution is 2.11. The highest BCUT2D eigenvalue weighted by Gasteiger charge is 2.13. The minimum absolute atomic E-state index is 0.295. The molecule has 18 heavy (non-hydrogen) atoms. The van der Waals surface area contributed by atoms with E-state index < -0.39 is 0 Å². The van der Waals surface area contributed by atoms with Crippen LogP contribution in [0.3, 0.4) is 0 Å². The van der Waals surface area contributed by atoms with Crippen molar-refractivity contribution >= 4 is 0 Å². The van der Waals surface area contributed by atoms with Crippen LogP contribution in [0.25, 0.3) is 0 Å². The van der Waals surface area contributed by atoms with Crippen LogP contribution < -0.4 is 11.3 Å². The van der Waals surface area contributed by atoms with Gasteiger partial charge in [0.15, 0.2) is 0 Å². The topological polar surface area (TPSA) is 68.8 Å². The van der Waals surface area contributed by atoms with Crippen molar-refractivity contribution in [1.82, 2.24) is 20.2 Å². The van der Waals surface area contributed by atoms with Gasteiger partial charge in [0.1, 0.15) is 12.2 Å². The first-order valence-electron chi connectivity index (χ1n) is 7.03. The van der Waals surface area contributed by atoms with E-state index in [4.69, 9.17) is 5.84 Å². The van der Waals surface area contributed by atoms with Crippen molar-refractivity contribution in [2.75, 3.05) is 0 Å². The molecule has 1 rings (SSSR count). The Bertz CT molecular complexity index is 321. The molecule has 1 aromatic heterocycles. The first-order chi connectivity index (χ1) is 8.69. The number of nitrogens with two attached hydrogens (primary N) is 1. The van der Waals surface area contributed by atoms with E-state index in [1.54, 1.807) is 6.33 Å². The maximum atomic E-state index is 5.62. The Morgan fingerprint density at radius 3 is 2.72 bits per heavy atom. The van der Waals surface area contributed by atoms with Gasteiger partial charge in [-0.25, -0.2) is 9.67 Å². The maximum Gasteiger partial charge on any atom is 0.138 e. The zero-order chi connectivity index (χ0) is 13.4. The van der Waals surface area contributed by atoms with Gasteiger partial charge in [0.2, 0.25) is 0 Å². The fraction of sp³-hybridized carbons (Fsp3) is 0.846. The summed E-state index contributed by atoms with van der Waals surface area (Å²) in [5.74, 6) is 6.64. The summed E-state index contributed by atoms with van der Waals surface area (Å²) in [5, 5.41) is 4.25. The zero-order valence-corrected chi connectivity index (χ0v) is 11.9. The van der Waals surface area contributed by atoms with Gasteiger partial charge in [-0.15, -0.1) is 0 Å². The van der Waals surface area contributed by atoms with Crippen LogP contribution >= 0.6 is 0 Å². The van der Waals surface area contributed by atoms with E-state index in [2.05, 4.69) is 36.3 Å². The molecule has 0 saturated heterocycles. The lowest BCUT2D eigenvalue weighted by molar-refractivity contribution is 0.430. The number of hydrogen-bond donors (Lipinski definition) is 2. The van der Waals surface area contributed by atoms with Crippen LogP contribution in [-0.4, -0.2) is 20.8 Å². The van der Waals surface area contributed by atoms with Gasteiger partial charge in [-0.1, -0.05) is 32.6 Å². The van der Waals surface area contributed by atoms with Crippen molar-refractivity contribution in [1.29, 1.82) is 0 Å². The van der Waals surface area contributed by atoms with Gasteiger partial charge >= 0.3 is 0 Å². The zero-order valence-electron chi connectivity index (χ0n) is 11.9. The van der Waals surface area contributed by atoms with Crippen LogP contribution in [0.5, 0.6) is 0 Å². The Balaban J connectivity index is 2.44. The van der Waals surface area contributed by atoms with Crippen molar-refractivity contribution in [2.24, 2.45) is 5.84 Å². The smallest absolute Gasteiger partial charge is 0.138 e. The van der Waals surface area contributed by atoms with Crippen LogP contribution in [-0.2, 0) is 6.42 Å². The second kappa shape index (κ2) is 8.21. The van der Waals surface area contributed by atoms with Crippen molar-refractivity contribution in [3.05, 3.63) is 12.2 Å². The van der Waals surface area contributed by atoms with Crippen LogP contribution in [0.1, 0.15) is 64.7 Å². The minimum atomic E-state index is 0.295. The molecular weight excluding hydrogens is 226 g/mol. The Labute approximate surface area is 110 Å². The molecule has 0 fully saturated rings. The monoisotopic (exact) mass is 253 g/mol. The third-order valence-corrected chi connectivity index (χ3v) is 3.21. The lowest BCUT2D eigenvalue weighted by Gasteiger charge is -2.17. The fourth-order valence-electron chi connectivity index (χ4n) is 2.13. The highest BCUT2D eigenvalue weighted by molar-refractivity contribution is 4.90. The molecule has 3 N–H and O–H groups in total. The molecular formula is C13H27N5. The molecule has 0 saturated carbocycles. The summed E-state index contributed by atoms with van der Waals surface area (Å²) in [6, 6.07) is 0.643. The molecule has 1 atom stereocenters. The van der Waals surface area contributed by atoms with E-state index in [1.807, 2.05) is 4.68 Å². The average molecular weight is 253 g/mol. The molecule has 0 bridgehead atoms.